The summed E-state index contributed by atoms with van der Waals surface area (Å²) in [4.78, 5) is 0. The molecular weight excluding hydrogens is 372 g/mol. The van der Waals surface area contributed by atoms with Crippen LogP contribution >= 0.6 is 0 Å². The van der Waals surface area contributed by atoms with Crippen LogP contribution in [0.4, 0.5) is 0 Å². The molecule has 0 amide bonds. The Balaban J connectivity index is 2.44. The summed E-state index contributed by atoms with van der Waals surface area (Å²) in [6, 6.07) is 14.0. The molecule has 0 spiro atoms. The van der Waals surface area contributed by atoms with Crippen molar-refractivity contribution in [1.29, 1.82) is 0 Å². The number of hydrogen-bond acceptors (Lipinski definition) is 0. The van der Waals surface area contributed by atoms with Gasteiger partial charge in [0.1, 0.15) is 0 Å². The second-order valence-electron chi connectivity index (χ2n) is 13.5. The monoisotopic (exact) mass is 420 g/mol. The molecule has 0 fully saturated rings. The van der Waals surface area contributed by atoms with E-state index in [1.807, 2.05) is 0 Å². The third-order valence-electron chi connectivity index (χ3n) is 6.37. The van der Waals surface area contributed by atoms with Gasteiger partial charge in [-0.05, 0) is 74.3 Å². The van der Waals surface area contributed by atoms with Crippen LogP contribution in [0, 0.1) is 0 Å². The highest BCUT2D eigenvalue weighted by molar-refractivity contribution is 5.45. The molecule has 2 rings (SSSR count). The average molecular weight is 421 g/mol. The van der Waals surface area contributed by atoms with Gasteiger partial charge in [0.05, 0.1) is 0 Å². The fourth-order valence-electron chi connectivity index (χ4n) is 5.04. The zero-order valence-electron chi connectivity index (χ0n) is 22.6. The Bertz CT molecular complexity index is 851. The van der Waals surface area contributed by atoms with Gasteiger partial charge in [0.25, 0.3) is 0 Å². The highest BCUT2D eigenvalue weighted by atomic mass is 14.3. The van der Waals surface area contributed by atoms with Crippen LogP contribution in [0.5, 0.6) is 0 Å². The van der Waals surface area contributed by atoms with E-state index in [0.717, 1.165) is 12.8 Å². The number of hydrogen-bond donors (Lipinski definition) is 0. The maximum Gasteiger partial charge on any atom is -0.0126 e. The van der Waals surface area contributed by atoms with E-state index < -0.39 is 0 Å². The largest absolute Gasteiger partial charge is 0.0617 e. The molecule has 2 aromatic carbocycles. The number of aryl methyl sites for hydroxylation is 1. The number of rotatable bonds is 4. The third kappa shape index (κ3) is 6.24. The lowest BCUT2D eigenvalue weighted by Gasteiger charge is -2.33. The lowest BCUT2D eigenvalue weighted by molar-refractivity contribution is 0.522. The van der Waals surface area contributed by atoms with Crippen molar-refractivity contribution >= 4 is 0 Å². The fourth-order valence-corrected chi connectivity index (χ4v) is 5.04. The molecule has 0 nitrogen and oxygen atoms in total. The van der Waals surface area contributed by atoms with E-state index in [0.29, 0.717) is 0 Å². The summed E-state index contributed by atoms with van der Waals surface area (Å²) >= 11 is 0. The molecular formula is C31H48. The summed E-state index contributed by atoms with van der Waals surface area (Å²) in [6.07, 6.45) is 3.47. The Morgan fingerprint density at radius 2 is 0.903 bits per heavy atom. The smallest absolute Gasteiger partial charge is 0.0126 e. The first-order valence-electron chi connectivity index (χ1n) is 12.2. The third-order valence-corrected chi connectivity index (χ3v) is 6.37. The van der Waals surface area contributed by atoms with Gasteiger partial charge in [0.2, 0.25) is 0 Å². The van der Waals surface area contributed by atoms with E-state index in [2.05, 4.69) is 119 Å². The predicted molar refractivity (Wildman–Crippen MR) is 140 cm³/mol. The zero-order valence-corrected chi connectivity index (χ0v) is 22.6. The van der Waals surface area contributed by atoms with Crippen molar-refractivity contribution in [2.45, 2.75) is 124 Å². The Morgan fingerprint density at radius 3 is 1.32 bits per heavy atom. The zero-order chi connectivity index (χ0) is 23.8. The Labute approximate surface area is 193 Å². The Hall–Kier alpha value is -1.56. The molecule has 31 heavy (non-hydrogen) atoms. The van der Waals surface area contributed by atoms with Crippen molar-refractivity contribution in [3.8, 4) is 0 Å². The molecule has 0 bridgehead atoms. The summed E-state index contributed by atoms with van der Waals surface area (Å²) < 4.78 is 0. The maximum atomic E-state index is 2.37. The number of benzene rings is 2. The summed E-state index contributed by atoms with van der Waals surface area (Å²) in [6.45, 7) is 28.2. The molecule has 0 aliphatic heterocycles. The summed E-state index contributed by atoms with van der Waals surface area (Å²) in [5.74, 6) is 0. The molecule has 0 aromatic heterocycles. The first-order chi connectivity index (χ1) is 13.9. The van der Waals surface area contributed by atoms with Crippen molar-refractivity contribution in [1.82, 2.24) is 0 Å². The molecule has 172 valence electrons. The first kappa shape index (κ1) is 25.7. The van der Waals surface area contributed by atoms with E-state index >= 15 is 0 Å². The first-order valence-corrected chi connectivity index (χ1v) is 12.2. The van der Waals surface area contributed by atoms with Crippen LogP contribution in [-0.2, 0) is 34.5 Å². The predicted octanol–water partition coefficient (Wildman–Crippen LogP) is 9.05. The molecule has 0 saturated heterocycles. The van der Waals surface area contributed by atoms with Crippen molar-refractivity contribution < 1.29 is 0 Å². The van der Waals surface area contributed by atoms with Crippen LogP contribution in [-0.4, -0.2) is 0 Å². The molecule has 0 saturated carbocycles. The lowest BCUT2D eigenvalue weighted by Crippen LogP contribution is -2.24. The molecule has 0 aliphatic rings. The van der Waals surface area contributed by atoms with Crippen molar-refractivity contribution in [2.24, 2.45) is 0 Å². The molecule has 0 unspecified atom stereocenters. The van der Waals surface area contributed by atoms with Gasteiger partial charge >= 0.3 is 0 Å². The highest BCUT2D eigenvalue weighted by Crippen LogP contribution is 2.38. The topological polar surface area (TPSA) is 0 Å². The van der Waals surface area contributed by atoms with Crippen molar-refractivity contribution in [2.75, 3.05) is 0 Å². The SMILES string of the molecule is CC(C)(C)c1cccc(C(C)(C)C)c1CCCc1cccc(C(C)(C)C)c1C(C)(C)C. The summed E-state index contributed by atoms with van der Waals surface area (Å²) in [5, 5.41) is 0. The average Bonchev–Trinajstić information content (AvgIpc) is 2.58. The minimum atomic E-state index is 0.152. The second-order valence-corrected chi connectivity index (χ2v) is 13.5. The molecule has 0 aliphatic carbocycles. The second kappa shape index (κ2) is 8.76. The molecule has 0 heterocycles. The Kier molecular flexibility index (Phi) is 7.26. The van der Waals surface area contributed by atoms with Gasteiger partial charge in [-0.15, -0.1) is 0 Å². The van der Waals surface area contributed by atoms with E-state index in [1.165, 1.54) is 28.7 Å². The molecule has 2 aromatic rings. The van der Waals surface area contributed by atoms with Crippen molar-refractivity contribution in [3.63, 3.8) is 0 Å². The standard InChI is InChI=1S/C31H48/c1-28(2,3)24-19-15-20-25(29(4,5)6)23(24)18-13-16-22-17-14-21-26(30(7,8)9)27(22)31(10,11)12/h14-15,17,19-21H,13,16,18H2,1-12H3. The van der Waals surface area contributed by atoms with E-state index in [4.69, 9.17) is 0 Å². The minimum Gasteiger partial charge on any atom is -0.0617 e. The minimum absolute atomic E-state index is 0.152. The van der Waals surface area contributed by atoms with Gasteiger partial charge < -0.3 is 0 Å². The maximum absolute atomic E-state index is 2.37. The molecule has 0 heteroatoms. The fraction of sp³-hybridized carbons (Fsp3) is 0.613. The highest BCUT2D eigenvalue weighted by Gasteiger charge is 2.28. The van der Waals surface area contributed by atoms with Crippen LogP contribution in [0.3, 0.4) is 0 Å². The van der Waals surface area contributed by atoms with Gasteiger partial charge in [-0.25, -0.2) is 0 Å². The van der Waals surface area contributed by atoms with E-state index in [9.17, 15) is 0 Å². The van der Waals surface area contributed by atoms with Crippen LogP contribution in [0.25, 0.3) is 0 Å². The Morgan fingerprint density at radius 1 is 0.484 bits per heavy atom. The summed E-state index contributed by atoms with van der Waals surface area (Å²) in [7, 11) is 0. The van der Waals surface area contributed by atoms with Gasteiger partial charge in [-0.3, -0.25) is 0 Å². The quantitative estimate of drug-likeness (QED) is 0.462. The van der Waals surface area contributed by atoms with Crippen LogP contribution in [0.2, 0.25) is 0 Å². The normalized spacial score (nSPS) is 13.5. The van der Waals surface area contributed by atoms with E-state index in [1.54, 1.807) is 11.1 Å². The van der Waals surface area contributed by atoms with Crippen LogP contribution in [0.1, 0.15) is 123 Å². The molecule has 0 N–H and O–H groups in total. The van der Waals surface area contributed by atoms with Gasteiger partial charge in [0.15, 0.2) is 0 Å². The van der Waals surface area contributed by atoms with Crippen LogP contribution in [0.15, 0.2) is 36.4 Å². The lowest BCUT2D eigenvalue weighted by atomic mass is 9.72. The molecule has 0 radical (unpaired) electrons. The van der Waals surface area contributed by atoms with Crippen molar-refractivity contribution in [3.05, 3.63) is 69.8 Å². The summed E-state index contributed by atoms with van der Waals surface area (Å²) in [5.41, 5.74) is 9.84. The van der Waals surface area contributed by atoms with Gasteiger partial charge in [-0.1, -0.05) is 119 Å². The van der Waals surface area contributed by atoms with Gasteiger partial charge in [-0.2, -0.15) is 0 Å². The molecule has 0 atom stereocenters. The van der Waals surface area contributed by atoms with Gasteiger partial charge in [0, 0.05) is 0 Å². The van der Waals surface area contributed by atoms with E-state index in [-0.39, 0.29) is 21.7 Å². The van der Waals surface area contributed by atoms with Crippen LogP contribution < -0.4 is 0 Å².